The number of non-ortho nitro benzene ring substituents is 1. The lowest BCUT2D eigenvalue weighted by atomic mass is 10.0. The van der Waals surface area contributed by atoms with Gasteiger partial charge in [-0.25, -0.2) is 13.1 Å². The van der Waals surface area contributed by atoms with E-state index in [0.29, 0.717) is 13.1 Å². The van der Waals surface area contributed by atoms with Gasteiger partial charge in [0.1, 0.15) is 0 Å². The van der Waals surface area contributed by atoms with Gasteiger partial charge >= 0.3 is 0 Å². The van der Waals surface area contributed by atoms with Gasteiger partial charge in [-0.3, -0.25) is 14.9 Å². The van der Waals surface area contributed by atoms with Gasteiger partial charge in [0.2, 0.25) is 15.9 Å². The van der Waals surface area contributed by atoms with Gasteiger partial charge in [-0.1, -0.05) is 24.3 Å². The highest BCUT2D eigenvalue weighted by Crippen LogP contribution is 2.17. The Bertz CT molecular complexity index is 946. The van der Waals surface area contributed by atoms with E-state index in [1.807, 2.05) is 12.1 Å². The fourth-order valence-corrected chi connectivity index (χ4v) is 4.23. The molecule has 9 heteroatoms. The summed E-state index contributed by atoms with van der Waals surface area (Å²) in [6, 6.07) is 12.7. The zero-order valence-corrected chi connectivity index (χ0v) is 16.0. The highest BCUT2D eigenvalue weighted by atomic mass is 32.2. The maximum absolute atomic E-state index is 12.5. The van der Waals surface area contributed by atoms with Crippen molar-refractivity contribution in [3.63, 3.8) is 0 Å². The first-order valence-electron chi connectivity index (χ1n) is 8.95. The second kappa shape index (κ2) is 8.49. The van der Waals surface area contributed by atoms with Crippen LogP contribution in [0, 0.1) is 10.1 Å². The van der Waals surface area contributed by atoms with Crippen LogP contribution in [0.5, 0.6) is 0 Å². The van der Waals surface area contributed by atoms with E-state index in [0.717, 1.165) is 25.0 Å². The summed E-state index contributed by atoms with van der Waals surface area (Å²) in [6.07, 6.45) is 1.63. The number of carbonyl (C=O) groups is 1. The van der Waals surface area contributed by atoms with E-state index in [4.69, 9.17) is 0 Å². The summed E-state index contributed by atoms with van der Waals surface area (Å²) in [5.74, 6) is -0.0980. The van der Waals surface area contributed by atoms with Crippen LogP contribution in [0.2, 0.25) is 0 Å². The van der Waals surface area contributed by atoms with Crippen molar-refractivity contribution in [2.24, 2.45) is 0 Å². The number of amides is 1. The molecule has 0 bridgehead atoms. The quantitative estimate of drug-likeness (QED) is 0.585. The molecule has 0 atom stereocenters. The molecule has 0 aromatic heterocycles. The second-order valence-corrected chi connectivity index (χ2v) is 8.32. The van der Waals surface area contributed by atoms with Crippen molar-refractivity contribution in [2.45, 2.75) is 24.2 Å². The summed E-state index contributed by atoms with van der Waals surface area (Å²) in [6.45, 7) is 1.21. The Balaban J connectivity index is 1.53. The number of nitrogens with one attached hydrogen (secondary N) is 1. The molecule has 0 aliphatic carbocycles. The van der Waals surface area contributed by atoms with Crippen LogP contribution in [0.3, 0.4) is 0 Å². The number of sulfonamides is 1. The number of hydrogen-bond donors (Lipinski definition) is 1. The molecule has 1 aliphatic rings. The first-order valence-corrected chi connectivity index (χ1v) is 10.4. The zero-order valence-electron chi connectivity index (χ0n) is 15.2. The summed E-state index contributed by atoms with van der Waals surface area (Å²) >= 11 is 0. The molecule has 2 aromatic rings. The molecule has 0 spiro atoms. The molecule has 0 unspecified atom stereocenters. The molecule has 0 saturated carbocycles. The van der Waals surface area contributed by atoms with Crippen molar-refractivity contribution in [1.29, 1.82) is 0 Å². The van der Waals surface area contributed by atoms with Crippen LogP contribution in [0.25, 0.3) is 0 Å². The monoisotopic (exact) mass is 403 g/mol. The molecule has 1 heterocycles. The Morgan fingerprint density at radius 2 is 1.61 bits per heavy atom. The Morgan fingerprint density at radius 3 is 2.14 bits per heavy atom. The van der Waals surface area contributed by atoms with Gasteiger partial charge in [0.25, 0.3) is 5.69 Å². The average molecular weight is 403 g/mol. The van der Waals surface area contributed by atoms with Gasteiger partial charge in [0.05, 0.1) is 9.82 Å². The standard InChI is InChI=1S/C19H21N3O5S/c23-19(21-13-10-15-3-1-2-4-16(15)11-14-21)9-12-20-28(26,27)18-7-5-17(6-8-18)22(24)25/h1-8,20H,9-14H2. The fourth-order valence-electron chi connectivity index (χ4n) is 3.20. The van der Waals surface area contributed by atoms with Gasteiger partial charge in [0, 0.05) is 38.2 Å². The molecule has 3 rings (SSSR count). The summed E-state index contributed by atoms with van der Waals surface area (Å²) < 4.78 is 26.9. The van der Waals surface area contributed by atoms with Gasteiger partial charge < -0.3 is 4.90 Å². The van der Waals surface area contributed by atoms with Crippen molar-refractivity contribution >= 4 is 21.6 Å². The molecule has 1 N–H and O–H groups in total. The molecular formula is C19H21N3O5S. The predicted octanol–water partition coefficient (Wildman–Crippen LogP) is 1.89. The van der Waals surface area contributed by atoms with E-state index < -0.39 is 14.9 Å². The molecular weight excluding hydrogens is 382 g/mol. The van der Waals surface area contributed by atoms with Crippen molar-refractivity contribution in [3.05, 3.63) is 69.8 Å². The first-order chi connectivity index (χ1) is 13.4. The molecule has 0 saturated heterocycles. The van der Waals surface area contributed by atoms with Crippen LogP contribution in [-0.2, 0) is 27.7 Å². The van der Waals surface area contributed by atoms with Gasteiger partial charge in [0.15, 0.2) is 0 Å². The van der Waals surface area contributed by atoms with Crippen LogP contribution in [0.15, 0.2) is 53.4 Å². The summed E-state index contributed by atoms with van der Waals surface area (Å²) in [7, 11) is -3.82. The Kier molecular flexibility index (Phi) is 6.05. The molecule has 148 valence electrons. The van der Waals surface area contributed by atoms with E-state index in [1.54, 1.807) is 4.90 Å². The lowest BCUT2D eigenvalue weighted by Gasteiger charge is -2.20. The van der Waals surface area contributed by atoms with Gasteiger partial charge in [-0.05, 0) is 36.1 Å². The SMILES string of the molecule is O=C(CCNS(=O)(=O)c1ccc([N+](=O)[O-])cc1)N1CCc2ccccc2CC1. The maximum Gasteiger partial charge on any atom is 0.269 e. The fraction of sp³-hybridized carbons (Fsp3) is 0.316. The van der Waals surface area contributed by atoms with Crippen LogP contribution in [0.4, 0.5) is 5.69 Å². The lowest BCUT2D eigenvalue weighted by molar-refractivity contribution is -0.384. The van der Waals surface area contributed by atoms with Gasteiger partial charge in [-0.2, -0.15) is 0 Å². The smallest absolute Gasteiger partial charge is 0.269 e. The molecule has 28 heavy (non-hydrogen) atoms. The number of hydrogen-bond acceptors (Lipinski definition) is 5. The Labute approximate surface area is 163 Å². The minimum absolute atomic E-state index is 0.0262. The molecule has 8 nitrogen and oxygen atoms in total. The minimum Gasteiger partial charge on any atom is -0.342 e. The number of benzene rings is 2. The first kappa shape index (κ1) is 20.0. The topological polar surface area (TPSA) is 110 Å². The molecule has 0 radical (unpaired) electrons. The van der Waals surface area contributed by atoms with Crippen LogP contribution in [-0.4, -0.2) is 43.8 Å². The highest BCUT2D eigenvalue weighted by Gasteiger charge is 2.20. The van der Waals surface area contributed by atoms with E-state index in [1.165, 1.54) is 23.3 Å². The van der Waals surface area contributed by atoms with E-state index in [2.05, 4.69) is 16.9 Å². The number of carbonyl (C=O) groups excluding carboxylic acids is 1. The van der Waals surface area contributed by atoms with E-state index in [-0.39, 0.29) is 29.5 Å². The van der Waals surface area contributed by atoms with E-state index in [9.17, 15) is 23.3 Å². The van der Waals surface area contributed by atoms with E-state index >= 15 is 0 Å². The van der Waals surface area contributed by atoms with Crippen molar-refractivity contribution in [2.75, 3.05) is 19.6 Å². The van der Waals surface area contributed by atoms with Crippen molar-refractivity contribution in [3.8, 4) is 0 Å². The Hall–Kier alpha value is -2.78. The van der Waals surface area contributed by atoms with Crippen molar-refractivity contribution in [1.82, 2.24) is 9.62 Å². The third-order valence-electron chi connectivity index (χ3n) is 4.76. The second-order valence-electron chi connectivity index (χ2n) is 6.55. The predicted molar refractivity (Wildman–Crippen MR) is 103 cm³/mol. The highest BCUT2D eigenvalue weighted by molar-refractivity contribution is 7.89. The van der Waals surface area contributed by atoms with Gasteiger partial charge in [-0.15, -0.1) is 0 Å². The third-order valence-corrected chi connectivity index (χ3v) is 6.24. The number of fused-ring (bicyclic) bond motifs is 1. The number of nitro benzene ring substituents is 1. The van der Waals surface area contributed by atoms with Crippen LogP contribution >= 0.6 is 0 Å². The summed E-state index contributed by atoms with van der Waals surface area (Å²) in [5.41, 5.74) is 2.31. The normalized spacial score (nSPS) is 14.2. The molecule has 1 aliphatic heterocycles. The molecule has 2 aromatic carbocycles. The van der Waals surface area contributed by atoms with Crippen molar-refractivity contribution < 1.29 is 18.1 Å². The number of rotatable bonds is 6. The summed E-state index contributed by atoms with van der Waals surface area (Å²) in [5, 5.41) is 10.7. The lowest BCUT2D eigenvalue weighted by Crippen LogP contribution is -2.36. The molecule has 0 fully saturated rings. The number of nitro groups is 1. The van der Waals surface area contributed by atoms with Crippen LogP contribution in [0.1, 0.15) is 17.5 Å². The maximum atomic E-state index is 12.5. The minimum atomic E-state index is -3.82. The number of nitrogens with zero attached hydrogens (tertiary/aromatic N) is 2. The average Bonchev–Trinajstić information content (AvgIpc) is 2.90. The largest absolute Gasteiger partial charge is 0.342 e. The summed E-state index contributed by atoms with van der Waals surface area (Å²) in [4.78, 5) is 24.2. The van der Waals surface area contributed by atoms with Crippen LogP contribution < -0.4 is 4.72 Å². The third kappa shape index (κ3) is 4.73. The Morgan fingerprint density at radius 1 is 1.04 bits per heavy atom. The molecule has 1 amide bonds. The zero-order chi connectivity index (χ0) is 20.1.